The Morgan fingerprint density at radius 3 is 2.83 bits per heavy atom. The largest absolute Gasteiger partial charge is 0.497 e. The van der Waals surface area contributed by atoms with Gasteiger partial charge >= 0.3 is 0 Å². The van der Waals surface area contributed by atoms with Gasteiger partial charge in [-0.1, -0.05) is 5.16 Å². The molecule has 0 saturated carbocycles. The van der Waals surface area contributed by atoms with Crippen LogP contribution in [0.15, 0.2) is 28.8 Å². The van der Waals surface area contributed by atoms with Gasteiger partial charge in [-0.25, -0.2) is 0 Å². The molecule has 1 aliphatic heterocycles. The fourth-order valence-electron chi connectivity index (χ4n) is 2.28. The molecule has 0 spiro atoms. The number of hydrogen-bond acceptors (Lipinski definition) is 4. The van der Waals surface area contributed by atoms with Crippen LogP contribution in [0.25, 0.3) is 11.3 Å². The Bertz CT molecular complexity index is 531. The summed E-state index contributed by atoms with van der Waals surface area (Å²) in [5, 5.41) is 7.47. The van der Waals surface area contributed by atoms with Gasteiger partial charge in [0.15, 0.2) is 0 Å². The molecule has 0 aliphatic carbocycles. The van der Waals surface area contributed by atoms with Crippen molar-refractivity contribution in [1.29, 1.82) is 0 Å². The van der Waals surface area contributed by atoms with Crippen molar-refractivity contribution in [2.75, 3.05) is 19.0 Å². The van der Waals surface area contributed by atoms with Gasteiger partial charge in [0.1, 0.15) is 11.4 Å². The summed E-state index contributed by atoms with van der Waals surface area (Å²) in [6.45, 7) is 0.963. The minimum Gasteiger partial charge on any atom is -0.497 e. The van der Waals surface area contributed by atoms with Gasteiger partial charge < -0.3 is 14.6 Å². The van der Waals surface area contributed by atoms with Crippen LogP contribution in [0.4, 0.5) is 5.88 Å². The van der Waals surface area contributed by atoms with E-state index in [1.165, 1.54) is 18.4 Å². The van der Waals surface area contributed by atoms with E-state index in [0.717, 1.165) is 35.9 Å². The number of rotatable bonds is 2. The van der Waals surface area contributed by atoms with Gasteiger partial charge in [0.05, 0.1) is 7.11 Å². The van der Waals surface area contributed by atoms with E-state index < -0.39 is 0 Å². The Balaban J connectivity index is 1.98. The number of nitrogens with one attached hydrogen (secondary N) is 1. The maximum Gasteiger partial charge on any atom is 0.228 e. The normalized spacial score (nSPS) is 14.5. The minimum atomic E-state index is 0.832. The van der Waals surface area contributed by atoms with Crippen LogP contribution in [-0.2, 0) is 6.42 Å². The van der Waals surface area contributed by atoms with Crippen molar-refractivity contribution in [3.05, 3.63) is 29.8 Å². The van der Waals surface area contributed by atoms with Crippen molar-refractivity contribution in [3.8, 4) is 17.0 Å². The molecule has 0 unspecified atom stereocenters. The molecular weight excluding hydrogens is 228 g/mol. The number of anilines is 1. The molecule has 2 heterocycles. The topological polar surface area (TPSA) is 47.3 Å². The first kappa shape index (κ1) is 11.1. The quantitative estimate of drug-likeness (QED) is 0.881. The molecule has 2 aromatic rings. The highest BCUT2D eigenvalue weighted by atomic mass is 16.5. The van der Waals surface area contributed by atoms with Crippen molar-refractivity contribution in [1.82, 2.24) is 5.16 Å². The molecule has 0 saturated heterocycles. The second-order valence-corrected chi connectivity index (χ2v) is 4.45. The van der Waals surface area contributed by atoms with E-state index in [2.05, 4.69) is 10.5 Å². The molecule has 4 nitrogen and oxygen atoms in total. The highest BCUT2D eigenvalue weighted by Crippen LogP contribution is 2.32. The van der Waals surface area contributed by atoms with E-state index in [4.69, 9.17) is 9.26 Å². The minimum absolute atomic E-state index is 0.832. The number of aromatic nitrogens is 1. The molecule has 0 fully saturated rings. The van der Waals surface area contributed by atoms with Crippen molar-refractivity contribution < 1.29 is 9.26 Å². The third kappa shape index (κ3) is 1.94. The maximum atomic E-state index is 5.39. The van der Waals surface area contributed by atoms with E-state index in [1.807, 2.05) is 24.3 Å². The first-order valence-corrected chi connectivity index (χ1v) is 6.25. The number of nitrogens with zero attached hydrogens (tertiary/aromatic N) is 1. The lowest BCUT2D eigenvalue weighted by molar-refractivity contribution is 0.415. The van der Waals surface area contributed by atoms with Crippen LogP contribution in [-0.4, -0.2) is 18.8 Å². The lowest BCUT2D eigenvalue weighted by Crippen LogP contribution is -1.97. The predicted octanol–water partition coefficient (Wildman–Crippen LogP) is 3.10. The number of ether oxygens (including phenoxy) is 1. The molecule has 94 valence electrons. The van der Waals surface area contributed by atoms with Crippen molar-refractivity contribution in [2.24, 2.45) is 0 Å². The molecule has 1 aromatic heterocycles. The summed E-state index contributed by atoms with van der Waals surface area (Å²) in [6.07, 6.45) is 3.36. The number of fused-ring (bicyclic) bond motifs is 1. The predicted molar refractivity (Wildman–Crippen MR) is 69.9 cm³/mol. The summed E-state index contributed by atoms with van der Waals surface area (Å²) in [5.74, 6) is 1.68. The molecule has 1 aliphatic rings. The molecule has 3 rings (SSSR count). The van der Waals surface area contributed by atoms with Gasteiger partial charge in [-0.05, 0) is 43.5 Å². The van der Waals surface area contributed by atoms with E-state index in [0.29, 0.717) is 0 Å². The fraction of sp³-hybridized carbons (Fsp3) is 0.357. The molecule has 0 atom stereocenters. The van der Waals surface area contributed by atoms with Crippen LogP contribution in [0.2, 0.25) is 0 Å². The average Bonchev–Trinajstić information content (AvgIpc) is 2.68. The molecule has 0 radical (unpaired) electrons. The van der Waals surface area contributed by atoms with E-state index >= 15 is 0 Å². The Hall–Kier alpha value is -1.97. The Morgan fingerprint density at radius 1 is 1.22 bits per heavy atom. The standard InChI is InChI=1S/C14H16N2O2/c1-17-11-7-5-10(6-8-11)13-12-4-2-3-9-15-14(12)18-16-13/h5-8,15H,2-4,9H2,1H3. The Kier molecular flexibility index (Phi) is 2.92. The van der Waals surface area contributed by atoms with Crippen LogP contribution < -0.4 is 10.1 Å². The zero-order chi connectivity index (χ0) is 12.4. The second-order valence-electron chi connectivity index (χ2n) is 4.45. The third-order valence-electron chi connectivity index (χ3n) is 3.29. The second kappa shape index (κ2) is 4.72. The third-order valence-corrected chi connectivity index (χ3v) is 3.29. The zero-order valence-corrected chi connectivity index (χ0v) is 10.4. The summed E-state index contributed by atoms with van der Waals surface area (Å²) in [7, 11) is 1.67. The zero-order valence-electron chi connectivity index (χ0n) is 10.4. The first-order chi connectivity index (χ1) is 8.88. The van der Waals surface area contributed by atoms with E-state index in [9.17, 15) is 0 Å². The maximum absolute atomic E-state index is 5.39. The first-order valence-electron chi connectivity index (χ1n) is 6.25. The van der Waals surface area contributed by atoms with E-state index in [-0.39, 0.29) is 0 Å². The summed E-state index contributed by atoms with van der Waals surface area (Å²) >= 11 is 0. The smallest absolute Gasteiger partial charge is 0.228 e. The molecule has 1 N–H and O–H groups in total. The van der Waals surface area contributed by atoms with Crippen molar-refractivity contribution in [2.45, 2.75) is 19.3 Å². The van der Waals surface area contributed by atoms with Gasteiger partial charge in [-0.15, -0.1) is 0 Å². The summed E-state index contributed by atoms with van der Waals surface area (Å²) < 4.78 is 10.5. The molecule has 1 aromatic carbocycles. The Morgan fingerprint density at radius 2 is 2.06 bits per heavy atom. The average molecular weight is 244 g/mol. The highest BCUT2D eigenvalue weighted by molar-refractivity contribution is 5.68. The summed E-state index contributed by atoms with van der Waals surface area (Å²) in [5.41, 5.74) is 3.21. The SMILES string of the molecule is COc1ccc(-c2noc3c2CCCCN3)cc1. The van der Waals surface area contributed by atoms with Gasteiger partial charge in [0.25, 0.3) is 0 Å². The molecule has 0 amide bonds. The number of benzene rings is 1. The molecule has 0 bridgehead atoms. The molecule has 18 heavy (non-hydrogen) atoms. The fourth-order valence-corrected chi connectivity index (χ4v) is 2.28. The van der Waals surface area contributed by atoms with Crippen LogP contribution in [0.3, 0.4) is 0 Å². The van der Waals surface area contributed by atoms with Crippen LogP contribution in [0, 0.1) is 0 Å². The highest BCUT2D eigenvalue weighted by Gasteiger charge is 2.18. The lowest BCUT2D eigenvalue weighted by atomic mass is 10.0. The van der Waals surface area contributed by atoms with E-state index in [1.54, 1.807) is 7.11 Å². The van der Waals surface area contributed by atoms with Crippen LogP contribution in [0.1, 0.15) is 18.4 Å². The van der Waals surface area contributed by atoms with Crippen LogP contribution in [0.5, 0.6) is 5.75 Å². The van der Waals surface area contributed by atoms with Gasteiger partial charge in [-0.3, -0.25) is 0 Å². The molecule has 4 heteroatoms. The monoisotopic (exact) mass is 244 g/mol. The van der Waals surface area contributed by atoms with Gasteiger partial charge in [-0.2, -0.15) is 0 Å². The van der Waals surface area contributed by atoms with Gasteiger partial charge in [0.2, 0.25) is 5.88 Å². The van der Waals surface area contributed by atoms with Gasteiger partial charge in [0, 0.05) is 17.7 Å². The molecular formula is C14H16N2O2. The summed E-state index contributed by atoms with van der Waals surface area (Å²) in [6, 6.07) is 7.92. The van der Waals surface area contributed by atoms with Crippen LogP contribution >= 0.6 is 0 Å². The van der Waals surface area contributed by atoms with Crippen molar-refractivity contribution >= 4 is 5.88 Å². The summed E-state index contributed by atoms with van der Waals surface area (Å²) in [4.78, 5) is 0. The number of hydrogen-bond donors (Lipinski definition) is 1. The Labute approximate surface area is 106 Å². The number of methoxy groups -OCH3 is 1. The lowest BCUT2D eigenvalue weighted by Gasteiger charge is -2.02. The van der Waals surface area contributed by atoms with Crippen molar-refractivity contribution in [3.63, 3.8) is 0 Å².